The number of nitrogens with one attached hydrogen (secondary N) is 1. The molecule has 2 aliphatic rings. The van der Waals surface area contributed by atoms with E-state index in [0.29, 0.717) is 5.92 Å². The van der Waals surface area contributed by atoms with Crippen LogP contribution < -0.4 is 10.1 Å². The van der Waals surface area contributed by atoms with Crippen LogP contribution in [0.3, 0.4) is 0 Å². The molecule has 23 heavy (non-hydrogen) atoms. The summed E-state index contributed by atoms with van der Waals surface area (Å²) in [6.07, 6.45) is 6.12. The first-order chi connectivity index (χ1) is 11.1. The van der Waals surface area contributed by atoms with Gasteiger partial charge in [-0.15, -0.1) is 0 Å². The van der Waals surface area contributed by atoms with Gasteiger partial charge >= 0.3 is 0 Å². The third-order valence-corrected chi connectivity index (χ3v) is 5.19. The molecular weight excluding hydrogens is 290 g/mol. The number of carbonyl (C=O) groups excluding carboxylic acids is 1. The van der Waals surface area contributed by atoms with Gasteiger partial charge in [0, 0.05) is 34.4 Å². The summed E-state index contributed by atoms with van der Waals surface area (Å²) in [7, 11) is 0. The van der Waals surface area contributed by atoms with E-state index in [4.69, 9.17) is 9.15 Å². The molecule has 2 unspecified atom stereocenters. The van der Waals surface area contributed by atoms with Gasteiger partial charge in [0.1, 0.15) is 11.3 Å². The Kier molecular flexibility index (Phi) is 3.55. The number of hydrogen-bond donors (Lipinski definition) is 1. The summed E-state index contributed by atoms with van der Waals surface area (Å²) < 4.78 is 11.6. The zero-order chi connectivity index (χ0) is 16.0. The lowest BCUT2D eigenvalue weighted by atomic mass is 9.74. The first kappa shape index (κ1) is 14.6. The fourth-order valence-corrected chi connectivity index (χ4v) is 3.69. The molecule has 122 valence electrons. The van der Waals surface area contributed by atoms with Crippen LogP contribution in [0.25, 0.3) is 11.0 Å². The van der Waals surface area contributed by atoms with Crippen molar-refractivity contribution < 1.29 is 13.9 Å². The van der Waals surface area contributed by atoms with Crippen molar-refractivity contribution in [2.24, 2.45) is 5.92 Å². The summed E-state index contributed by atoms with van der Waals surface area (Å²) in [6, 6.07) is 4.25. The molecule has 0 bridgehead atoms. The number of fused-ring (bicyclic) bond motifs is 3. The van der Waals surface area contributed by atoms with Crippen LogP contribution in [0, 0.1) is 5.92 Å². The van der Waals surface area contributed by atoms with Gasteiger partial charge in [0.05, 0.1) is 12.9 Å². The highest BCUT2D eigenvalue weighted by atomic mass is 16.5. The van der Waals surface area contributed by atoms with Crippen molar-refractivity contribution >= 4 is 16.9 Å². The zero-order valence-electron chi connectivity index (χ0n) is 13.7. The molecule has 1 aliphatic carbocycles. The van der Waals surface area contributed by atoms with Crippen molar-refractivity contribution in [2.75, 3.05) is 6.61 Å². The van der Waals surface area contributed by atoms with Crippen molar-refractivity contribution in [3.05, 3.63) is 29.5 Å². The van der Waals surface area contributed by atoms with Gasteiger partial charge in [0.15, 0.2) is 0 Å². The number of hydrogen-bond acceptors (Lipinski definition) is 3. The normalized spacial score (nSPS) is 23.3. The van der Waals surface area contributed by atoms with Crippen LogP contribution in [0.5, 0.6) is 5.75 Å². The quantitative estimate of drug-likeness (QED) is 0.938. The van der Waals surface area contributed by atoms with Gasteiger partial charge < -0.3 is 14.5 Å². The van der Waals surface area contributed by atoms with Crippen LogP contribution in [0.1, 0.15) is 50.2 Å². The van der Waals surface area contributed by atoms with Crippen molar-refractivity contribution in [1.29, 1.82) is 0 Å². The van der Waals surface area contributed by atoms with E-state index >= 15 is 0 Å². The minimum Gasteiger partial charge on any atom is -0.493 e. The predicted octanol–water partition coefficient (Wildman–Crippen LogP) is 3.78. The average Bonchev–Trinajstić information content (AvgIpc) is 2.95. The lowest BCUT2D eigenvalue weighted by molar-refractivity contribution is -0.125. The molecular formula is C19H23NO3. The first-order valence-corrected chi connectivity index (χ1v) is 8.61. The fraction of sp³-hybridized carbons (Fsp3) is 0.526. The number of carbonyl (C=O) groups is 1. The molecule has 1 aromatic heterocycles. The SMILES string of the molecule is CC(C)C(=O)NC1CCC1c1coc2ccc3c(c12)CCCO3. The molecule has 4 rings (SSSR count). The Morgan fingerprint density at radius 2 is 2.17 bits per heavy atom. The van der Waals surface area contributed by atoms with Gasteiger partial charge in [-0.05, 0) is 37.8 Å². The van der Waals surface area contributed by atoms with Crippen LogP contribution >= 0.6 is 0 Å². The highest BCUT2D eigenvalue weighted by molar-refractivity contribution is 5.88. The smallest absolute Gasteiger partial charge is 0.222 e. The second kappa shape index (κ2) is 5.59. The molecule has 1 aromatic carbocycles. The second-order valence-corrected chi connectivity index (χ2v) is 7.01. The predicted molar refractivity (Wildman–Crippen MR) is 88.8 cm³/mol. The Bertz CT molecular complexity index is 746. The minimum atomic E-state index is 0.0264. The Balaban J connectivity index is 1.68. The third kappa shape index (κ3) is 2.41. The molecule has 2 aromatic rings. The van der Waals surface area contributed by atoms with Crippen molar-refractivity contribution in [2.45, 2.75) is 51.5 Å². The van der Waals surface area contributed by atoms with Gasteiger partial charge in [0.2, 0.25) is 5.91 Å². The van der Waals surface area contributed by atoms with E-state index in [1.165, 1.54) is 16.5 Å². The van der Waals surface area contributed by atoms with E-state index < -0.39 is 0 Å². The summed E-state index contributed by atoms with van der Waals surface area (Å²) in [5.41, 5.74) is 3.45. The molecule has 4 nitrogen and oxygen atoms in total. The van der Waals surface area contributed by atoms with E-state index in [2.05, 4.69) is 5.32 Å². The van der Waals surface area contributed by atoms with E-state index in [1.54, 1.807) is 0 Å². The Labute approximate surface area is 136 Å². The van der Waals surface area contributed by atoms with Gasteiger partial charge in [-0.25, -0.2) is 0 Å². The largest absolute Gasteiger partial charge is 0.493 e. The summed E-state index contributed by atoms with van der Waals surface area (Å²) in [6.45, 7) is 4.66. The fourth-order valence-electron chi connectivity index (χ4n) is 3.69. The molecule has 1 fully saturated rings. The van der Waals surface area contributed by atoms with Crippen LogP contribution in [0.15, 0.2) is 22.8 Å². The summed E-state index contributed by atoms with van der Waals surface area (Å²) in [5, 5.41) is 4.41. The van der Waals surface area contributed by atoms with Crippen LogP contribution in [0.2, 0.25) is 0 Å². The van der Waals surface area contributed by atoms with E-state index in [0.717, 1.165) is 43.6 Å². The number of ether oxygens (including phenoxy) is 1. The molecule has 1 N–H and O–H groups in total. The monoisotopic (exact) mass is 313 g/mol. The summed E-state index contributed by atoms with van der Waals surface area (Å²) in [5.74, 6) is 1.51. The first-order valence-electron chi connectivity index (χ1n) is 8.61. The van der Waals surface area contributed by atoms with E-state index in [1.807, 2.05) is 32.2 Å². The van der Waals surface area contributed by atoms with Gasteiger partial charge in [-0.3, -0.25) is 4.79 Å². The second-order valence-electron chi connectivity index (χ2n) is 7.01. The molecule has 4 heteroatoms. The van der Waals surface area contributed by atoms with Crippen molar-refractivity contribution in [1.82, 2.24) is 5.32 Å². The number of benzene rings is 1. The highest BCUT2D eigenvalue weighted by Gasteiger charge is 2.36. The molecule has 0 spiro atoms. The topological polar surface area (TPSA) is 51.5 Å². The van der Waals surface area contributed by atoms with Crippen LogP contribution in [0.4, 0.5) is 0 Å². The average molecular weight is 313 g/mol. The number of furan rings is 1. The summed E-state index contributed by atoms with van der Waals surface area (Å²) in [4.78, 5) is 12.0. The number of aryl methyl sites for hydroxylation is 1. The van der Waals surface area contributed by atoms with Crippen molar-refractivity contribution in [3.63, 3.8) is 0 Å². The van der Waals surface area contributed by atoms with Gasteiger partial charge in [-0.2, -0.15) is 0 Å². The van der Waals surface area contributed by atoms with Crippen molar-refractivity contribution in [3.8, 4) is 5.75 Å². The van der Waals surface area contributed by atoms with Crippen LogP contribution in [-0.4, -0.2) is 18.6 Å². The zero-order valence-corrected chi connectivity index (χ0v) is 13.7. The molecule has 1 saturated carbocycles. The maximum Gasteiger partial charge on any atom is 0.222 e. The summed E-state index contributed by atoms with van der Waals surface area (Å²) >= 11 is 0. The highest BCUT2D eigenvalue weighted by Crippen LogP contribution is 2.44. The maximum absolute atomic E-state index is 12.0. The molecule has 0 saturated heterocycles. The Morgan fingerprint density at radius 1 is 1.30 bits per heavy atom. The maximum atomic E-state index is 12.0. The molecule has 0 radical (unpaired) electrons. The van der Waals surface area contributed by atoms with Gasteiger partial charge in [0.25, 0.3) is 0 Å². The minimum absolute atomic E-state index is 0.0264. The lowest BCUT2D eigenvalue weighted by Gasteiger charge is -2.37. The third-order valence-electron chi connectivity index (χ3n) is 5.19. The number of amides is 1. The standard InChI is InChI=1S/C19H23NO3/c1-11(2)19(21)20-15-6-5-12(15)14-10-23-17-8-7-16-13(18(14)17)4-3-9-22-16/h7-8,10-12,15H,3-6,9H2,1-2H3,(H,20,21). The Morgan fingerprint density at radius 3 is 2.91 bits per heavy atom. The van der Waals surface area contributed by atoms with Crippen LogP contribution in [-0.2, 0) is 11.2 Å². The van der Waals surface area contributed by atoms with E-state index in [9.17, 15) is 4.79 Å². The molecule has 2 heterocycles. The molecule has 1 amide bonds. The molecule has 1 aliphatic heterocycles. The van der Waals surface area contributed by atoms with E-state index in [-0.39, 0.29) is 17.9 Å². The van der Waals surface area contributed by atoms with Gasteiger partial charge in [-0.1, -0.05) is 13.8 Å². The Hall–Kier alpha value is -1.97. The number of rotatable bonds is 3. The lowest BCUT2D eigenvalue weighted by Crippen LogP contribution is -2.46. The molecule has 2 atom stereocenters.